The summed E-state index contributed by atoms with van der Waals surface area (Å²) in [6.07, 6.45) is 3.73. The van der Waals surface area contributed by atoms with Gasteiger partial charge in [0.1, 0.15) is 11.5 Å². The van der Waals surface area contributed by atoms with Crippen molar-refractivity contribution in [1.29, 1.82) is 0 Å². The lowest BCUT2D eigenvalue weighted by atomic mass is 10.2. The number of nitrogens with zero attached hydrogens (tertiary/aromatic N) is 3. The molecule has 0 saturated carbocycles. The smallest absolute Gasteiger partial charge is 0.183 e. The molecule has 8 heteroatoms. The molecular weight excluding hydrogens is 304 g/mol. The van der Waals surface area contributed by atoms with E-state index in [1.54, 1.807) is 13.1 Å². The Morgan fingerprint density at radius 1 is 1.30 bits per heavy atom. The fourth-order valence-corrected chi connectivity index (χ4v) is 2.18. The molecule has 3 heterocycles. The molecular formula is C15H15F2N5O. The molecule has 6 nitrogen and oxygen atoms in total. The zero-order chi connectivity index (χ0) is 16.4. The van der Waals surface area contributed by atoms with Crippen LogP contribution in [0.1, 0.15) is 13.3 Å². The van der Waals surface area contributed by atoms with E-state index in [1.165, 1.54) is 6.07 Å². The molecule has 0 aliphatic carbocycles. The Kier molecular flexibility index (Phi) is 4.16. The summed E-state index contributed by atoms with van der Waals surface area (Å²) >= 11 is 0. The molecule has 23 heavy (non-hydrogen) atoms. The molecule has 120 valence electrons. The van der Waals surface area contributed by atoms with Crippen molar-refractivity contribution in [3.05, 3.63) is 36.3 Å². The molecule has 0 aliphatic heterocycles. The van der Waals surface area contributed by atoms with Gasteiger partial charge in [0, 0.05) is 23.7 Å². The normalized spacial score (nSPS) is 12.5. The largest absolute Gasteiger partial charge is 0.393 e. The van der Waals surface area contributed by atoms with Gasteiger partial charge in [0.25, 0.3) is 0 Å². The van der Waals surface area contributed by atoms with Crippen LogP contribution in [-0.2, 0) is 0 Å². The zero-order valence-electron chi connectivity index (χ0n) is 12.3. The third-order valence-electron chi connectivity index (χ3n) is 3.34. The van der Waals surface area contributed by atoms with Crippen LogP contribution in [-0.4, -0.2) is 37.7 Å². The molecule has 3 aromatic rings. The molecule has 3 N–H and O–H groups in total. The van der Waals surface area contributed by atoms with Crippen LogP contribution in [0.3, 0.4) is 0 Å². The van der Waals surface area contributed by atoms with Crippen molar-refractivity contribution in [1.82, 2.24) is 19.9 Å². The number of H-pyrrole nitrogens is 1. The Morgan fingerprint density at radius 2 is 2.13 bits per heavy atom. The van der Waals surface area contributed by atoms with Gasteiger partial charge in [-0.25, -0.2) is 23.7 Å². The minimum Gasteiger partial charge on any atom is -0.393 e. The van der Waals surface area contributed by atoms with Crippen LogP contribution in [0.5, 0.6) is 0 Å². The van der Waals surface area contributed by atoms with Crippen molar-refractivity contribution < 1.29 is 13.9 Å². The standard InChI is InChI=1S/C15H15F2N5O/c1-8(23)2-3-18-15-12(17)7-21-14(22-15)11-6-20-13-10(11)4-9(16)5-19-13/h4-8,23H,2-3H2,1H3,(H,19,20)(H,18,21,22). The number of aliphatic hydroxyl groups excluding tert-OH is 1. The molecule has 0 aliphatic rings. The Bertz CT molecular complexity index is 834. The molecule has 0 bridgehead atoms. The number of pyridine rings is 1. The lowest BCUT2D eigenvalue weighted by Crippen LogP contribution is -2.12. The maximum Gasteiger partial charge on any atom is 0.183 e. The van der Waals surface area contributed by atoms with Crippen molar-refractivity contribution in [3.8, 4) is 11.4 Å². The van der Waals surface area contributed by atoms with Crippen LogP contribution in [0.25, 0.3) is 22.4 Å². The predicted octanol–water partition coefficient (Wildman–Crippen LogP) is 2.48. The summed E-state index contributed by atoms with van der Waals surface area (Å²) in [7, 11) is 0. The predicted molar refractivity (Wildman–Crippen MR) is 81.8 cm³/mol. The van der Waals surface area contributed by atoms with E-state index in [-0.39, 0.29) is 11.6 Å². The Morgan fingerprint density at radius 3 is 2.91 bits per heavy atom. The summed E-state index contributed by atoms with van der Waals surface area (Å²) in [5.41, 5.74) is 1.03. The highest BCUT2D eigenvalue weighted by Gasteiger charge is 2.13. The lowest BCUT2D eigenvalue weighted by Gasteiger charge is -2.09. The minimum absolute atomic E-state index is 0.0364. The summed E-state index contributed by atoms with van der Waals surface area (Å²) in [5.74, 6) is -0.779. The lowest BCUT2D eigenvalue weighted by molar-refractivity contribution is 0.188. The molecule has 0 fully saturated rings. The van der Waals surface area contributed by atoms with Crippen LogP contribution < -0.4 is 5.32 Å². The van der Waals surface area contributed by atoms with Crippen molar-refractivity contribution in [3.63, 3.8) is 0 Å². The van der Waals surface area contributed by atoms with Gasteiger partial charge in [-0.05, 0) is 19.4 Å². The van der Waals surface area contributed by atoms with Gasteiger partial charge in [0.15, 0.2) is 17.5 Å². The van der Waals surface area contributed by atoms with E-state index in [9.17, 15) is 13.9 Å². The van der Waals surface area contributed by atoms with Crippen LogP contribution in [0, 0.1) is 11.6 Å². The fourth-order valence-electron chi connectivity index (χ4n) is 2.18. The van der Waals surface area contributed by atoms with Gasteiger partial charge in [0.05, 0.1) is 18.5 Å². The minimum atomic E-state index is -0.594. The highest BCUT2D eigenvalue weighted by Crippen LogP contribution is 2.26. The van der Waals surface area contributed by atoms with Crippen LogP contribution in [0.4, 0.5) is 14.6 Å². The molecule has 3 rings (SSSR count). The van der Waals surface area contributed by atoms with E-state index in [4.69, 9.17) is 0 Å². The van der Waals surface area contributed by atoms with Crippen LogP contribution in [0.15, 0.2) is 24.7 Å². The first-order valence-corrected chi connectivity index (χ1v) is 7.12. The van der Waals surface area contributed by atoms with Gasteiger partial charge in [-0.2, -0.15) is 0 Å². The number of rotatable bonds is 5. The number of halogens is 2. The number of aromatic nitrogens is 4. The molecule has 0 spiro atoms. The summed E-state index contributed by atoms with van der Waals surface area (Å²) in [5, 5.41) is 12.6. The van der Waals surface area contributed by atoms with E-state index in [0.717, 1.165) is 12.4 Å². The van der Waals surface area contributed by atoms with Gasteiger partial charge in [0.2, 0.25) is 0 Å². The van der Waals surface area contributed by atoms with Crippen molar-refractivity contribution in [2.75, 3.05) is 11.9 Å². The van der Waals surface area contributed by atoms with Crippen LogP contribution >= 0.6 is 0 Å². The Balaban J connectivity index is 1.94. The second kappa shape index (κ2) is 6.25. The number of aliphatic hydroxyl groups is 1. The van der Waals surface area contributed by atoms with E-state index < -0.39 is 17.7 Å². The topological polar surface area (TPSA) is 86.7 Å². The number of hydrogen-bond acceptors (Lipinski definition) is 5. The first-order valence-electron chi connectivity index (χ1n) is 7.12. The van der Waals surface area contributed by atoms with Gasteiger partial charge in [-0.1, -0.05) is 0 Å². The molecule has 0 amide bonds. The number of anilines is 1. The van der Waals surface area contributed by atoms with Gasteiger partial charge in [-0.3, -0.25) is 0 Å². The summed E-state index contributed by atoms with van der Waals surface area (Å²) in [6, 6.07) is 1.32. The quantitative estimate of drug-likeness (QED) is 0.672. The summed E-state index contributed by atoms with van der Waals surface area (Å²) in [4.78, 5) is 14.9. The molecule has 3 aromatic heterocycles. The number of fused-ring (bicyclic) bond motifs is 1. The Labute approximate surface area is 130 Å². The third kappa shape index (κ3) is 3.26. The molecule has 0 saturated heterocycles. The molecule has 1 atom stereocenters. The van der Waals surface area contributed by atoms with Crippen LogP contribution in [0.2, 0.25) is 0 Å². The third-order valence-corrected chi connectivity index (χ3v) is 3.34. The zero-order valence-corrected chi connectivity index (χ0v) is 12.3. The highest BCUT2D eigenvalue weighted by molar-refractivity contribution is 5.91. The molecule has 0 aromatic carbocycles. The summed E-state index contributed by atoms with van der Waals surface area (Å²) < 4.78 is 27.2. The van der Waals surface area contributed by atoms with Gasteiger partial charge < -0.3 is 15.4 Å². The summed E-state index contributed by atoms with van der Waals surface area (Å²) in [6.45, 7) is 2.02. The SMILES string of the molecule is CC(O)CCNc1nc(-c2c[nH]c3ncc(F)cc23)ncc1F. The second-order valence-corrected chi connectivity index (χ2v) is 5.21. The Hall–Kier alpha value is -2.61. The van der Waals surface area contributed by atoms with Crippen molar-refractivity contribution >= 4 is 16.9 Å². The first kappa shape index (κ1) is 15.3. The number of nitrogens with one attached hydrogen (secondary N) is 2. The fraction of sp³-hybridized carbons (Fsp3) is 0.267. The first-order chi connectivity index (χ1) is 11.0. The van der Waals surface area contributed by atoms with E-state index in [0.29, 0.717) is 29.6 Å². The average Bonchev–Trinajstić information content (AvgIpc) is 2.92. The van der Waals surface area contributed by atoms with E-state index in [2.05, 4.69) is 25.3 Å². The number of hydrogen-bond donors (Lipinski definition) is 3. The maximum atomic E-state index is 13.8. The molecule has 1 unspecified atom stereocenters. The average molecular weight is 319 g/mol. The van der Waals surface area contributed by atoms with Gasteiger partial charge >= 0.3 is 0 Å². The number of aromatic amines is 1. The molecule has 0 radical (unpaired) electrons. The van der Waals surface area contributed by atoms with Crippen molar-refractivity contribution in [2.24, 2.45) is 0 Å². The van der Waals surface area contributed by atoms with E-state index >= 15 is 0 Å². The van der Waals surface area contributed by atoms with Gasteiger partial charge in [-0.15, -0.1) is 0 Å². The second-order valence-electron chi connectivity index (χ2n) is 5.21. The maximum absolute atomic E-state index is 13.8. The monoisotopic (exact) mass is 319 g/mol. The highest BCUT2D eigenvalue weighted by atomic mass is 19.1. The van der Waals surface area contributed by atoms with Crippen molar-refractivity contribution in [2.45, 2.75) is 19.4 Å². The van der Waals surface area contributed by atoms with E-state index in [1.807, 2.05) is 0 Å².